The van der Waals surface area contributed by atoms with E-state index in [0.717, 1.165) is 12.8 Å². The first-order valence-electron chi connectivity index (χ1n) is 6.18. The van der Waals surface area contributed by atoms with Gasteiger partial charge < -0.3 is 5.32 Å². The molecule has 0 bridgehead atoms. The molecule has 92 valence electrons. The lowest BCUT2D eigenvalue weighted by Crippen LogP contribution is -2.37. The van der Waals surface area contributed by atoms with Gasteiger partial charge in [0.05, 0.1) is 0 Å². The van der Waals surface area contributed by atoms with Crippen molar-refractivity contribution in [3.8, 4) is 0 Å². The summed E-state index contributed by atoms with van der Waals surface area (Å²) in [4.78, 5) is 19.5. The fraction of sp³-hybridized carbons (Fsp3) is 0.583. The summed E-state index contributed by atoms with van der Waals surface area (Å²) in [5.41, 5.74) is 0. The van der Waals surface area contributed by atoms with Crippen molar-refractivity contribution in [2.24, 2.45) is 0 Å². The summed E-state index contributed by atoms with van der Waals surface area (Å²) in [6, 6.07) is 1.81. The number of carbonyl (C=O) groups excluding carboxylic acids is 1. The lowest BCUT2D eigenvalue weighted by atomic mass is 10.1. The van der Waals surface area contributed by atoms with Crippen LogP contribution in [0.2, 0.25) is 0 Å². The molecule has 0 aromatic carbocycles. The van der Waals surface area contributed by atoms with Gasteiger partial charge in [0, 0.05) is 12.2 Å². The lowest BCUT2D eigenvalue weighted by Gasteiger charge is -2.16. The second-order valence-electron chi connectivity index (χ2n) is 4.38. The number of carbonyl (C=O) groups is 1. The molecule has 0 spiro atoms. The average Bonchev–Trinajstić information content (AvgIpc) is 2.59. The summed E-state index contributed by atoms with van der Waals surface area (Å²) < 4.78 is 0. The third-order valence-electron chi connectivity index (χ3n) is 3.01. The summed E-state index contributed by atoms with van der Waals surface area (Å²) in [5.74, 6) is 0.533. The molecular weight excluding hydrogens is 216 g/mol. The molecule has 0 atom stereocenters. The third-order valence-corrected chi connectivity index (χ3v) is 3.01. The van der Waals surface area contributed by atoms with Gasteiger partial charge in [0.1, 0.15) is 12.1 Å². The van der Waals surface area contributed by atoms with E-state index in [1.54, 1.807) is 12.3 Å². The van der Waals surface area contributed by atoms with E-state index in [9.17, 15) is 4.79 Å². The van der Waals surface area contributed by atoms with Gasteiger partial charge in [0.25, 0.3) is 0 Å². The van der Waals surface area contributed by atoms with Crippen LogP contribution in [0.3, 0.4) is 0 Å². The largest absolute Gasteiger partial charge is 0.335 e. The van der Waals surface area contributed by atoms with E-state index in [4.69, 9.17) is 0 Å². The molecule has 1 heterocycles. The minimum Gasteiger partial charge on any atom is -0.335 e. The molecule has 1 saturated carbocycles. The van der Waals surface area contributed by atoms with Gasteiger partial charge in [-0.2, -0.15) is 0 Å². The Labute approximate surface area is 101 Å². The van der Waals surface area contributed by atoms with Gasteiger partial charge in [-0.3, -0.25) is 5.32 Å². The highest BCUT2D eigenvalue weighted by atomic mass is 16.2. The van der Waals surface area contributed by atoms with E-state index < -0.39 is 0 Å². The number of aromatic nitrogens is 2. The molecule has 5 nitrogen and oxygen atoms in total. The highest BCUT2D eigenvalue weighted by Gasteiger charge is 2.14. The minimum absolute atomic E-state index is 0.171. The zero-order chi connectivity index (χ0) is 11.9. The Morgan fingerprint density at radius 1 is 1.24 bits per heavy atom. The van der Waals surface area contributed by atoms with Gasteiger partial charge in [-0.25, -0.2) is 14.8 Å². The van der Waals surface area contributed by atoms with Crippen LogP contribution >= 0.6 is 0 Å². The third kappa shape index (κ3) is 4.01. The van der Waals surface area contributed by atoms with Crippen molar-refractivity contribution < 1.29 is 4.79 Å². The molecule has 17 heavy (non-hydrogen) atoms. The van der Waals surface area contributed by atoms with Crippen molar-refractivity contribution in [2.45, 2.75) is 44.6 Å². The first-order valence-corrected chi connectivity index (χ1v) is 6.18. The molecule has 0 unspecified atom stereocenters. The molecule has 1 aliphatic rings. The molecule has 1 aliphatic carbocycles. The van der Waals surface area contributed by atoms with Gasteiger partial charge in [-0.1, -0.05) is 25.7 Å². The summed E-state index contributed by atoms with van der Waals surface area (Å²) in [6.07, 6.45) is 10.2. The lowest BCUT2D eigenvalue weighted by molar-refractivity contribution is 0.247. The van der Waals surface area contributed by atoms with Crippen LogP contribution in [0.5, 0.6) is 0 Å². The number of rotatable bonds is 2. The molecule has 2 rings (SSSR count). The van der Waals surface area contributed by atoms with E-state index >= 15 is 0 Å². The molecular formula is C12H18N4O. The molecule has 5 heteroatoms. The summed E-state index contributed by atoms with van der Waals surface area (Å²) in [7, 11) is 0. The highest BCUT2D eigenvalue weighted by Crippen LogP contribution is 2.17. The van der Waals surface area contributed by atoms with Gasteiger partial charge in [0.15, 0.2) is 0 Å². The van der Waals surface area contributed by atoms with E-state index in [0.29, 0.717) is 11.9 Å². The maximum Gasteiger partial charge on any atom is 0.320 e. The zero-order valence-electron chi connectivity index (χ0n) is 9.85. The molecule has 0 saturated heterocycles. The normalized spacial score (nSPS) is 17.2. The van der Waals surface area contributed by atoms with Crippen molar-refractivity contribution in [3.63, 3.8) is 0 Å². The van der Waals surface area contributed by atoms with Crippen molar-refractivity contribution in [2.75, 3.05) is 5.32 Å². The van der Waals surface area contributed by atoms with Crippen LogP contribution < -0.4 is 10.6 Å². The number of amides is 2. The molecule has 0 aliphatic heterocycles. The van der Waals surface area contributed by atoms with Gasteiger partial charge in [0.2, 0.25) is 0 Å². The second kappa shape index (κ2) is 6.18. The summed E-state index contributed by atoms with van der Waals surface area (Å²) >= 11 is 0. The van der Waals surface area contributed by atoms with E-state index in [-0.39, 0.29) is 6.03 Å². The Balaban J connectivity index is 1.80. The smallest absolute Gasteiger partial charge is 0.320 e. The Morgan fingerprint density at radius 2 is 2.00 bits per heavy atom. The number of hydrogen-bond acceptors (Lipinski definition) is 3. The maximum atomic E-state index is 11.7. The predicted molar refractivity (Wildman–Crippen MR) is 65.7 cm³/mol. The van der Waals surface area contributed by atoms with Crippen LogP contribution in [0.15, 0.2) is 18.6 Å². The number of anilines is 1. The fourth-order valence-corrected chi connectivity index (χ4v) is 2.13. The number of nitrogens with one attached hydrogen (secondary N) is 2. The molecule has 1 fully saturated rings. The van der Waals surface area contributed by atoms with Crippen LogP contribution in [0, 0.1) is 0 Å². The first kappa shape index (κ1) is 11.8. The van der Waals surface area contributed by atoms with E-state index in [2.05, 4.69) is 20.6 Å². The van der Waals surface area contributed by atoms with Crippen LogP contribution in [-0.2, 0) is 0 Å². The van der Waals surface area contributed by atoms with Crippen molar-refractivity contribution in [3.05, 3.63) is 18.6 Å². The van der Waals surface area contributed by atoms with Crippen molar-refractivity contribution >= 4 is 11.8 Å². The van der Waals surface area contributed by atoms with E-state index in [1.807, 2.05) is 0 Å². The maximum absolute atomic E-state index is 11.7. The monoisotopic (exact) mass is 234 g/mol. The quantitative estimate of drug-likeness (QED) is 0.772. The van der Waals surface area contributed by atoms with Gasteiger partial charge in [-0.15, -0.1) is 0 Å². The van der Waals surface area contributed by atoms with E-state index in [1.165, 1.54) is 32.0 Å². The van der Waals surface area contributed by atoms with Crippen LogP contribution in [0.1, 0.15) is 38.5 Å². The topological polar surface area (TPSA) is 66.9 Å². The molecule has 1 aromatic rings. The van der Waals surface area contributed by atoms with Crippen LogP contribution in [0.4, 0.5) is 10.6 Å². The number of urea groups is 1. The Morgan fingerprint density at radius 3 is 2.65 bits per heavy atom. The molecule has 2 N–H and O–H groups in total. The summed E-state index contributed by atoms with van der Waals surface area (Å²) in [5, 5.41) is 5.71. The van der Waals surface area contributed by atoms with Gasteiger partial charge >= 0.3 is 6.03 Å². The van der Waals surface area contributed by atoms with Gasteiger partial charge in [-0.05, 0) is 18.9 Å². The molecule has 2 amide bonds. The minimum atomic E-state index is -0.171. The zero-order valence-corrected chi connectivity index (χ0v) is 9.85. The van der Waals surface area contributed by atoms with Crippen molar-refractivity contribution in [1.82, 2.24) is 15.3 Å². The highest BCUT2D eigenvalue weighted by molar-refractivity contribution is 5.88. The average molecular weight is 234 g/mol. The number of hydrogen-bond donors (Lipinski definition) is 2. The first-order chi connectivity index (χ1) is 8.34. The Kier molecular flexibility index (Phi) is 4.30. The second-order valence-corrected chi connectivity index (χ2v) is 4.38. The fourth-order valence-electron chi connectivity index (χ4n) is 2.13. The Hall–Kier alpha value is -1.65. The van der Waals surface area contributed by atoms with Crippen LogP contribution in [-0.4, -0.2) is 22.0 Å². The molecule has 0 radical (unpaired) electrons. The standard InChI is InChI=1S/C12H18N4O/c17-12(16-11-7-8-13-9-14-11)15-10-5-3-1-2-4-6-10/h7-10H,1-6H2,(H2,13,14,15,16,17). The SMILES string of the molecule is O=C(Nc1ccncn1)NC1CCCCCC1. The number of nitrogens with zero attached hydrogens (tertiary/aromatic N) is 2. The Bertz CT molecular complexity index is 347. The molecule has 1 aromatic heterocycles. The van der Waals surface area contributed by atoms with Crippen LogP contribution in [0.25, 0.3) is 0 Å². The van der Waals surface area contributed by atoms with Crippen molar-refractivity contribution in [1.29, 1.82) is 0 Å². The summed E-state index contributed by atoms with van der Waals surface area (Å²) in [6.45, 7) is 0. The predicted octanol–water partition coefficient (Wildman–Crippen LogP) is 2.32.